The molecule has 1 atom stereocenters. The first-order chi connectivity index (χ1) is 6.54. The Labute approximate surface area is 86.8 Å². The quantitative estimate of drug-likeness (QED) is 0.796. The summed E-state index contributed by atoms with van der Waals surface area (Å²) < 4.78 is 0. The summed E-state index contributed by atoms with van der Waals surface area (Å²) in [6.07, 6.45) is 0.831. The number of carboxylic acids is 1. The molecule has 0 amide bonds. The molecule has 5 heteroatoms. The molecule has 0 fully saturated rings. The van der Waals surface area contributed by atoms with Crippen molar-refractivity contribution < 1.29 is 9.90 Å². The van der Waals surface area contributed by atoms with Crippen LogP contribution in [0.25, 0.3) is 0 Å². The van der Waals surface area contributed by atoms with E-state index in [9.17, 15) is 4.79 Å². The highest BCUT2D eigenvalue weighted by atomic mass is 32.1. The van der Waals surface area contributed by atoms with Gasteiger partial charge in [0.05, 0.1) is 23.2 Å². The van der Waals surface area contributed by atoms with E-state index < -0.39 is 12.0 Å². The molecule has 1 aromatic rings. The minimum atomic E-state index is -0.872. The Morgan fingerprint density at radius 1 is 1.71 bits per heavy atom. The van der Waals surface area contributed by atoms with Crippen LogP contribution in [0.15, 0.2) is 0 Å². The highest BCUT2D eigenvalue weighted by Crippen LogP contribution is 2.25. The first-order valence-electron chi connectivity index (χ1n) is 4.48. The van der Waals surface area contributed by atoms with Gasteiger partial charge in [-0.25, -0.2) is 4.98 Å². The van der Waals surface area contributed by atoms with Gasteiger partial charge in [0, 0.05) is 4.88 Å². The maximum atomic E-state index is 10.5. The maximum Gasteiger partial charge on any atom is 0.305 e. The average Bonchev–Trinajstić information content (AvgIpc) is 2.45. The van der Waals surface area contributed by atoms with E-state index in [1.165, 1.54) is 11.3 Å². The van der Waals surface area contributed by atoms with Gasteiger partial charge in [-0.15, -0.1) is 11.3 Å². The second-order valence-corrected chi connectivity index (χ2v) is 4.23. The van der Waals surface area contributed by atoms with Gasteiger partial charge >= 0.3 is 5.97 Å². The van der Waals surface area contributed by atoms with Crippen molar-refractivity contribution >= 4 is 17.3 Å². The van der Waals surface area contributed by atoms with E-state index in [0.717, 1.165) is 22.0 Å². The Kier molecular flexibility index (Phi) is 3.60. The van der Waals surface area contributed by atoms with Crippen LogP contribution < -0.4 is 5.73 Å². The van der Waals surface area contributed by atoms with Gasteiger partial charge in [-0.1, -0.05) is 6.92 Å². The smallest absolute Gasteiger partial charge is 0.305 e. The van der Waals surface area contributed by atoms with Crippen molar-refractivity contribution in [2.24, 2.45) is 5.73 Å². The van der Waals surface area contributed by atoms with E-state index >= 15 is 0 Å². The molecular formula is C9H14N2O2S. The van der Waals surface area contributed by atoms with Crippen molar-refractivity contribution in [3.05, 3.63) is 15.6 Å². The predicted molar refractivity (Wildman–Crippen MR) is 55.4 cm³/mol. The molecule has 78 valence electrons. The number of hydrogen-bond acceptors (Lipinski definition) is 4. The largest absolute Gasteiger partial charge is 0.481 e. The van der Waals surface area contributed by atoms with Crippen molar-refractivity contribution in [3.63, 3.8) is 0 Å². The lowest BCUT2D eigenvalue weighted by Gasteiger charge is -2.05. The van der Waals surface area contributed by atoms with Crippen LogP contribution in [0, 0.1) is 6.92 Å². The fourth-order valence-electron chi connectivity index (χ4n) is 1.24. The first-order valence-corrected chi connectivity index (χ1v) is 5.29. The van der Waals surface area contributed by atoms with Crippen LogP contribution in [0.4, 0.5) is 0 Å². The Hall–Kier alpha value is -0.940. The number of nitrogens with zero attached hydrogens (tertiary/aromatic N) is 1. The van der Waals surface area contributed by atoms with Crippen molar-refractivity contribution in [1.29, 1.82) is 0 Å². The number of aliphatic carboxylic acids is 1. The number of aromatic nitrogens is 1. The number of rotatable bonds is 4. The maximum absolute atomic E-state index is 10.5. The van der Waals surface area contributed by atoms with Crippen LogP contribution in [-0.4, -0.2) is 16.1 Å². The number of thiazole rings is 1. The summed E-state index contributed by atoms with van der Waals surface area (Å²) in [4.78, 5) is 15.7. The number of nitrogens with two attached hydrogens (primary N) is 1. The van der Waals surface area contributed by atoms with Gasteiger partial charge < -0.3 is 10.8 Å². The van der Waals surface area contributed by atoms with Crippen LogP contribution in [0.2, 0.25) is 0 Å². The summed E-state index contributed by atoms with van der Waals surface area (Å²) in [6.45, 7) is 3.89. The van der Waals surface area contributed by atoms with Gasteiger partial charge in [-0.05, 0) is 13.3 Å². The molecule has 0 aliphatic rings. The average molecular weight is 214 g/mol. The summed E-state index contributed by atoms with van der Waals surface area (Å²) in [5, 5.41) is 9.62. The third-order valence-corrected chi connectivity index (χ3v) is 3.34. The van der Waals surface area contributed by atoms with Gasteiger partial charge in [-0.2, -0.15) is 0 Å². The molecule has 0 saturated heterocycles. The van der Waals surface area contributed by atoms with E-state index in [1.807, 2.05) is 13.8 Å². The van der Waals surface area contributed by atoms with Gasteiger partial charge in [0.15, 0.2) is 0 Å². The zero-order valence-electron chi connectivity index (χ0n) is 8.28. The molecule has 0 aliphatic carbocycles. The molecule has 1 unspecified atom stereocenters. The van der Waals surface area contributed by atoms with Gasteiger partial charge in [0.1, 0.15) is 0 Å². The van der Waals surface area contributed by atoms with Gasteiger partial charge in [0.25, 0.3) is 0 Å². The SMILES string of the molecule is CCc1nc(C)c(C(N)CC(=O)O)s1. The Morgan fingerprint density at radius 2 is 2.36 bits per heavy atom. The second-order valence-electron chi connectivity index (χ2n) is 3.12. The molecule has 0 bridgehead atoms. The minimum Gasteiger partial charge on any atom is -0.481 e. The summed E-state index contributed by atoms with van der Waals surface area (Å²) >= 11 is 1.51. The predicted octanol–water partition coefficient (Wildman–Crippen LogP) is 1.49. The number of carbonyl (C=O) groups is 1. The molecule has 1 heterocycles. The van der Waals surface area contributed by atoms with Gasteiger partial charge in [-0.3, -0.25) is 4.79 Å². The van der Waals surface area contributed by atoms with Crippen molar-refractivity contribution in [2.75, 3.05) is 0 Å². The fraction of sp³-hybridized carbons (Fsp3) is 0.556. The Bertz CT molecular complexity index is 336. The lowest BCUT2D eigenvalue weighted by atomic mass is 10.1. The first kappa shape index (κ1) is 11.1. The van der Waals surface area contributed by atoms with Crippen LogP contribution in [0.3, 0.4) is 0 Å². The third kappa shape index (κ3) is 2.52. The molecule has 0 radical (unpaired) electrons. The second kappa shape index (κ2) is 4.52. The highest BCUT2D eigenvalue weighted by Gasteiger charge is 2.16. The molecule has 1 aromatic heterocycles. The van der Waals surface area contributed by atoms with Crippen molar-refractivity contribution in [2.45, 2.75) is 32.7 Å². The van der Waals surface area contributed by atoms with E-state index in [1.54, 1.807) is 0 Å². The molecule has 0 spiro atoms. The van der Waals surface area contributed by atoms with Crippen LogP contribution in [-0.2, 0) is 11.2 Å². The Balaban J connectivity index is 2.83. The molecule has 4 nitrogen and oxygen atoms in total. The van der Waals surface area contributed by atoms with Crippen LogP contribution in [0.5, 0.6) is 0 Å². The van der Waals surface area contributed by atoms with E-state index in [-0.39, 0.29) is 6.42 Å². The summed E-state index contributed by atoms with van der Waals surface area (Å²) in [7, 11) is 0. The normalized spacial score (nSPS) is 12.8. The minimum absolute atomic E-state index is 0.0355. The van der Waals surface area contributed by atoms with Crippen molar-refractivity contribution in [1.82, 2.24) is 4.98 Å². The van der Waals surface area contributed by atoms with Crippen LogP contribution in [0.1, 0.15) is 35.0 Å². The van der Waals surface area contributed by atoms with E-state index in [0.29, 0.717) is 0 Å². The lowest BCUT2D eigenvalue weighted by Crippen LogP contribution is -2.14. The summed E-state index contributed by atoms with van der Waals surface area (Å²) in [5.41, 5.74) is 6.62. The number of carboxylic acid groups (broad SMARTS) is 1. The lowest BCUT2D eigenvalue weighted by molar-refractivity contribution is -0.137. The molecule has 0 saturated carbocycles. The molecule has 0 aliphatic heterocycles. The van der Waals surface area contributed by atoms with E-state index in [4.69, 9.17) is 10.8 Å². The summed E-state index contributed by atoms with van der Waals surface area (Å²) in [6, 6.07) is -0.426. The fourth-order valence-corrected chi connectivity index (χ4v) is 2.25. The Morgan fingerprint density at radius 3 is 2.79 bits per heavy atom. The van der Waals surface area contributed by atoms with Crippen LogP contribution >= 0.6 is 11.3 Å². The highest BCUT2D eigenvalue weighted by molar-refractivity contribution is 7.11. The molecule has 1 rings (SSSR count). The molecular weight excluding hydrogens is 200 g/mol. The molecule has 14 heavy (non-hydrogen) atoms. The molecule has 0 aromatic carbocycles. The van der Waals surface area contributed by atoms with Gasteiger partial charge in [0.2, 0.25) is 0 Å². The third-order valence-electron chi connectivity index (χ3n) is 1.91. The molecule has 3 N–H and O–H groups in total. The monoisotopic (exact) mass is 214 g/mol. The standard InChI is InChI=1S/C9H14N2O2S/c1-3-7-11-5(2)9(14-7)6(10)4-8(12)13/h6H,3-4,10H2,1-2H3,(H,12,13). The number of aryl methyl sites for hydroxylation is 2. The summed E-state index contributed by atoms with van der Waals surface area (Å²) in [5.74, 6) is -0.872. The zero-order chi connectivity index (χ0) is 10.7. The zero-order valence-corrected chi connectivity index (χ0v) is 9.10. The number of hydrogen-bond donors (Lipinski definition) is 2. The van der Waals surface area contributed by atoms with E-state index in [2.05, 4.69) is 4.98 Å². The van der Waals surface area contributed by atoms with Crippen molar-refractivity contribution in [3.8, 4) is 0 Å². The topological polar surface area (TPSA) is 76.2 Å².